The van der Waals surface area contributed by atoms with Crippen molar-refractivity contribution in [2.45, 2.75) is 18.9 Å². The predicted octanol–water partition coefficient (Wildman–Crippen LogP) is -1.13. The Morgan fingerprint density at radius 1 is 1.23 bits per heavy atom. The van der Waals surface area contributed by atoms with Gasteiger partial charge >= 0.3 is 11.9 Å². The van der Waals surface area contributed by atoms with Crippen molar-refractivity contribution in [3.8, 4) is 0 Å². The van der Waals surface area contributed by atoms with Crippen molar-refractivity contribution >= 4 is 11.9 Å². The predicted molar refractivity (Wildman–Crippen MR) is 43.1 cm³/mol. The topological polar surface area (TPSA) is 121 Å². The van der Waals surface area contributed by atoms with Crippen LogP contribution >= 0.6 is 0 Å². The van der Waals surface area contributed by atoms with Crippen molar-refractivity contribution in [1.82, 2.24) is 0 Å². The second-order valence-electron chi connectivity index (χ2n) is 2.66. The van der Waals surface area contributed by atoms with Crippen LogP contribution in [0.15, 0.2) is 0 Å². The third kappa shape index (κ3) is 3.86. The van der Waals surface area contributed by atoms with E-state index in [0.29, 0.717) is 6.42 Å². The molecule has 0 aliphatic carbocycles. The summed E-state index contributed by atoms with van der Waals surface area (Å²) in [6, 6.07) is 0. The van der Waals surface area contributed by atoms with Crippen LogP contribution in [0.2, 0.25) is 0 Å². The van der Waals surface area contributed by atoms with Gasteiger partial charge < -0.3 is 21.1 Å². The average molecular weight is 191 g/mol. The quantitative estimate of drug-likeness (QED) is 0.421. The molecule has 0 amide bonds. The minimum Gasteiger partial charge on any atom is -0.481 e. The molecule has 5 N–H and O–H groups in total. The molecule has 0 radical (unpaired) electrons. The van der Waals surface area contributed by atoms with Crippen molar-refractivity contribution in [3.05, 3.63) is 0 Å². The maximum atomic E-state index is 10.5. The van der Waals surface area contributed by atoms with Crippen molar-refractivity contribution in [3.63, 3.8) is 0 Å². The second-order valence-corrected chi connectivity index (χ2v) is 2.66. The molecule has 6 heteroatoms. The lowest BCUT2D eigenvalue weighted by molar-refractivity contribution is -0.159. The Morgan fingerprint density at radius 3 is 2.08 bits per heavy atom. The number of aliphatic hydroxyl groups is 1. The van der Waals surface area contributed by atoms with E-state index >= 15 is 0 Å². The van der Waals surface area contributed by atoms with E-state index in [-0.39, 0.29) is 13.0 Å². The molecule has 0 rings (SSSR count). The van der Waals surface area contributed by atoms with E-state index < -0.39 is 24.0 Å². The third-order valence-electron chi connectivity index (χ3n) is 1.67. The molecule has 0 saturated carbocycles. The van der Waals surface area contributed by atoms with Crippen LogP contribution < -0.4 is 5.73 Å². The molecule has 0 spiro atoms. The first-order chi connectivity index (χ1) is 6.00. The largest absolute Gasteiger partial charge is 0.481 e. The van der Waals surface area contributed by atoms with Gasteiger partial charge in [-0.15, -0.1) is 0 Å². The number of rotatable bonds is 6. The number of nitrogens with two attached hydrogens (primary N) is 1. The Kier molecular flexibility index (Phi) is 5.01. The Hall–Kier alpha value is -1.14. The van der Waals surface area contributed by atoms with Gasteiger partial charge in [0.25, 0.3) is 0 Å². The highest BCUT2D eigenvalue weighted by atomic mass is 16.4. The van der Waals surface area contributed by atoms with E-state index in [0.717, 1.165) is 0 Å². The lowest BCUT2D eigenvalue weighted by Gasteiger charge is -2.14. The summed E-state index contributed by atoms with van der Waals surface area (Å²) in [5, 5.41) is 25.9. The van der Waals surface area contributed by atoms with Crippen molar-refractivity contribution in [1.29, 1.82) is 0 Å². The summed E-state index contributed by atoms with van der Waals surface area (Å²) in [5.41, 5.74) is 5.13. The highest BCUT2D eigenvalue weighted by molar-refractivity contribution is 5.81. The fourth-order valence-corrected chi connectivity index (χ4v) is 0.926. The van der Waals surface area contributed by atoms with Crippen LogP contribution in [0, 0.1) is 5.92 Å². The van der Waals surface area contributed by atoms with Gasteiger partial charge in [-0.2, -0.15) is 0 Å². The summed E-state index contributed by atoms with van der Waals surface area (Å²) in [6.45, 7) is 0.274. The van der Waals surface area contributed by atoms with Gasteiger partial charge in [-0.3, -0.25) is 4.79 Å². The SMILES string of the molecule is NCCC[C@H](C(=O)O)[C@@H](O)C(=O)O. The zero-order valence-electron chi connectivity index (χ0n) is 7.01. The van der Waals surface area contributed by atoms with Gasteiger partial charge in [-0.1, -0.05) is 0 Å². The number of aliphatic carboxylic acids is 2. The Bertz CT molecular complexity index is 193. The zero-order valence-corrected chi connectivity index (χ0v) is 7.01. The second kappa shape index (κ2) is 5.50. The van der Waals surface area contributed by atoms with Crippen LogP contribution in [0.3, 0.4) is 0 Å². The number of carbonyl (C=O) groups is 2. The first kappa shape index (κ1) is 11.9. The van der Waals surface area contributed by atoms with Gasteiger partial charge in [0.05, 0.1) is 5.92 Å². The Balaban J connectivity index is 4.24. The number of hydrogen-bond acceptors (Lipinski definition) is 4. The van der Waals surface area contributed by atoms with Gasteiger partial charge in [0, 0.05) is 0 Å². The molecule has 0 aromatic carbocycles. The smallest absolute Gasteiger partial charge is 0.333 e. The molecule has 6 nitrogen and oxygen atoms in total. The van der Waals surface area contributed by atoms with Gasteiger partial charge in [-0.25, -0.2) is 4.79 Å². The monoisotopic (exact) mass is 191 g/mol. The van der Waals surface area contributed by atoms with Gasteiger partial charge in [0.1, 0.15) is 0 Å². The van der Waals surface area contributed by atoms with E-state index in [1.807, 2.05) is 0 Å². The fraction of sp³-hybridized carbons (Fsp3) is 0.714. The standard InChI is InChI=1S/C7H13NO5/c8-3-1-2-4(6(10)11)5(9)7(12)13/h4-5,9H,1-3,8H2,(H,10,11)(H,12,13)/t4-,5+/m0/s1. The van der Waals surface area contributed by atoms with Crippen LogP contribution in [-0.4, -0.2) is 39.9 Å². The van der Waals surface area contributed by atoms with Crippen LogP contribution in [0.1, 0.15) is 12.8 Å². The molecular weight excluding hydrogens is 178 g/mol. The summed E-state index contributed by atoms with van der Waals surface area (Å²) in [4.78, 5) is 20.8. The zero-order chi connectivity index (χ0) is 10.4. The van der Waals surface area contributed by atoms with Gasteiger partial charge in [0.15, 0.2) is 6.10 Å². The molecule has 0 fully saturated rings. The summed E-state index contributed by atoms with van der Waals surface area (Å²) in [7, 11) is 0. The van der Waals surface area contributed by atoms with E-state index in [9.17, 15) is 9.59 Å². The molecule has 0 aromatic heterocycles. The van der Waals surface area contributed by atoms with E-state index in [2.05, 4.69) is 0 Å². The summed E-state index contributed by atoms with van der Waals surface area (Å²) in [6.07, 6.45) is -1.41. The van der Waals surface area contributed by atoms with Crippen molar-refractivity contribution in [2.24, 2.45) is 11.7 Å². The van der Waals surface area contributed by atoms with Crippen LogP contribution in [0.4, 0.5) is 0 Å². The molecule has 0 unspecified atom stereocenters. The van der Waals surface area contributed by atoms with Gasteiger partial charge in [0.2, 0.25) is 0 Å². The number of carboxylic acids is 2. The van der Waals surface area contributed by atoms with Crippen LogP contribution in [0.25, 0.3) is 0 Å². The van der Waals surface area contributed by atoms with E-state index in [1.54, 1.807) is 0 Å². The van der Waals surface area contributed by atoms with Crippen LogP contribution in [0.5, 0.6) is 0 Å². The molecule has 0 aliphatic heterocycles. The molecular formula is C7H13NO5. The van der Waals surface area contributed by atoms with Crippen molar-refractivity contribution in [2.75, 3.05) is 6.54 Å². The highest BCUT2D eigenvalue weighted by Gasteiger charge is 2.31. The Labute approximate surface area is 75.0 Å². The normalized spacial score (nSPS) is 14.9. The highest BCUT2D eigenvalue weighted by Crippen LogP contribution is 2.11. The van der Waals surface area contributed by atoms with E-state index in [4.69, 9.17) is 21.1 Å². The molecule has 0 heterocycles. The summed E-state index contributed by atoms with van der Waals surface area (Å²) in [5.74, 6) is -4.12. The molecule has 0 aromatic rings. The lowest BCUT2D eigenvalue weighted by Crippen LogP contribution is -2.35. The molecule has 0 aliphatic rings. The molecule has 0 saturated heterocycles. The maximum Gasteiger partial charge on any atom is 0.333 e. The third-order valence-corrected chi connectivity index (χ3v) is 1.67. The molecule has 76 valence electrons. The lowest BCUT2D eigenvalue weighted by atomic mass is 9.97. The molecule has 0 bridgehead atoms. The van der Waals surface area contributed by atoms with Gasteiger partial charge in [-0.05, 0) is 19.4 Å². The average Bonchev–Trinajstić information content (AvgIpc) is 2.04. The Morgan fingerprint density at radius 2 is 1.77 bits per heavy atom. The summed E-state index contributed by atoms with van der Waals surface area (Å²) < 4.78 is 0. The maximum absolute atomic E-state index is 10.5. The first-order valence-corrected chi connectivity index (χ1v) is 3.84. The number of aliphatic hydroxyl groups excluding tert-OH is 1. The number of carboxylic acid groups (broad SMARTS) is 2. The first-order valence-electron chi connectivity index (χ1n) is 3.84. The number of hydrogen-bond donors (Lipinski definition) is 4. The molecule has 2 atom stereocenters. The summed E-state index contributed by atoms with van der Waals surface area (Å²) >= 11 is 0. The van der Waals surface area contributed by atoms with Crippen molar-refractivity contribution < 1.29 is 24.9 Å². The fourth-order valence-electron chi connectivity index (χ4n) is 0.926. The minimum absolute atomic E-state index is 0.0687. The molecule has 13 heavy (non-hydrogen) atoms. The minimum atomic E-state index is -1.86. The van der Waals surface area contributed by atoms with Crippen LogP contribution in [-0.2, 0) is 9.59 Å². The van der Waals surface area contributed by atoms with E-state index in [1.165, 1.54) is 0 Å².